The second-order valence-corrected chi connectivity index (χ2v) is 6.40. The van der Waals surface area contributed by atoms with E-state index in [1.807, 2.05) is 19.1 Å². The molecule has 0 saturated heterocycles. The number of methoxy groups -OCH3 is 2. The minimum absolute atomic E-state index is 0.261. The molecule has 1 amide bonds. The van der Waals surface area contributed by atoms with Crippen LogP contribution < -0.4 is 20.1 Å². The van der Waals surface area contributed by atoms with Gasteiger partial charge >= 0.3 is 0 Å². The van der Waals surface area contributed by atoms with Crippen LogP contribution in [0, 0.1) is 6.92 Å². The number of halogens is 1. The number of hydrogen-bond acceptors (Lipinski definition) is 5. The monoisotopic (exact) mass is 397 g/mol. The van der Waals surface area contributed by atoms with Crippen molar-refractivity contribution < 1.29 is 14.3 Å². The van der Waals surface area contributed by atoms with Crippen LogP contribution in [0.3, 0.4) is 0 Å². The Bertz CT molecular complexity index is 991. The van der Waals surface area contributed by atoms with Gasteiger partial charge in [-0.25, -0.2) is 4.98 Å². The van der Waals surface area contributed by atoms with Gasteiger partial charge in [0.2, 0.25) is 0 Å². The molecule has 1 heterocycles. The van der Waals surface area contributed by atoms with Crippen LogP contribution >= 0.6 is 11.6 Å². The van der Waals surface area contributed by atoms with E-state index in [1.54, 1.807) is 50.6 Å². The normalized spacial score (nSPS) is 10.3. The smallest absolute Gasteiger partial charge is 0.257 e. The van der Waals surface area contributed by atoms with Crippen molar-refractivity contribution in [2.24, 2.45) is 0 Å². The highest BCUT2D eigenvalue weighted by Crippen LogP contribution is 2.31. The number of ether oxygens (including phenoxy) is 2. The van der Waals surface area contributed by atoms with E-state index in [2.05, 4.69) is 15.6 Å². The molecule has 2 aromatic carbocycles. The largest absolute Gasteiger partial charge is 0.497 e. The van der Waals surface area contributed by atoms with Crippen LogP contribution in [0.4, 0.5) is 17.2 Å². The predicted octanol–water partition coefficient (Wildman–Crippen LogP) is 5.06. The van der Waals surface area contributed by atoms with Gasteiger partial charge in [-0.2, -0.15) is 0 Å². The fraction of sp³-hybridized carbons (Fsp3) is 0.143. The van der Waals surface area contributed by atoms with Crippen LogP contribution in [0.2, 0.25) is 5.02 Å². The summed E-state index contributed by atoms with van der Waals surface area (Å²) in [5.41, 5.74) is 2.62. The summed E-state index contributed by atoms with van der Waals surface area (Å²) in [6, 6.07) is 14.2. The van der Waals surface area contributed by atoms with Gasteiger partial charge in [0.25, 0.3) is 5.91 Å². The molecule has 0 aliphatic heterocycles. The lowest BCUT2D eigenvalue weighted by molar-refractivity contribution is 0.102. The minimum Gasteiger partial charge on any atom is -0.497 e. The van der Waals surface area contributed by atoms with Gasteiger partial charge in [0.05, 0.1) is 25.5 Å². The zero-order valence-electron chi connectivity index (χ0n) is 15.7. The fourth-order valence-corrected chi connectivity index (χ4v) is 2.76. The summed E-state index contributed by atoms with van der Waals surface area (Å²) in [6.45, 7) is 1.85. The molecule has 7 heteroatoms. The molecule has 3 rings (SSSR count). The minimum atomic E-state index is -0.261. The third-order valence-electron chi connectivity index (χ3n) is 4.21. The van der Waals surface area contributed by atoms with Crippen LogP contribution in [0.1, 0.15) is 15.9 Å². The highest BCUT2D eigenvalue weighted by Gasteiger charge is 2.11. The SMILES string of the molecule is COc1ccc(OC)c(Nc2ccc(C(=O)Nc3cccc(Cl)c3C)cn2)c1. The Morgan fingerprint density at radius 2 is 1.86 bits per heavy atom. The molecule has 0 aliphatic rings. The summed E-state index contributed by atoms with van der Waals surface area (Å²) in [6.07, 6.45) is 1.50. The number of aromatic nitrogens is 1. The lowest BCUT2D eigenvalue weighted by Gasteiger charge is -2.13. The highest BCUT2D eigenvalue weighted by atomic mass is 35.5. The van der Waals surface area contributed by atoms with E-state index >= 15 is 0 Å². The van der Waals surface area contributed by atoms with Crippen molar-refractivity contribution in [3.05, 3.63) is 70.9 Å². The van der Waals surface area contributed by atoms with Crippen LogP contribution in [-0.2, 0) is 0 Å². The highest BCUT2D eigenvalue weighted by molar-refractivity contribution is 6.31. The predicted molar refractivity (Wildman–Crippen MR) is 111 cm³/mol. The number of anilines is 3. The van der Waals surface area contributed by atoms with E-state index in [0.717, 1.165) is 5.56 Å². The number of benzene rings is 2. The Balaban J connectivity index is 1.75. The van der Waals surface area contributed by atoms with E-state index in [0.29, 0.717) is 39.3 Å². The number of carbonyl (C=O) groups is 1. The number of amides is 1. The summed E-state index contributed by atoms with van der Waals surface area (Å²) in [5, 5.41) is 6.61. The van der Waals surface area contributed by atoms with E-state index < -0.39 is 0 Å². The molecular formula is C21H20ClN3O3. The third kappa shape index (κ3) is 4.35. The molecule has 0 atom stereocenters. The molecule has 0 unspecified atom stereocenters. The Morgan fingerprint density at radius 1 is 1.04 bits per heavy atom. The van der Waals surface area contributed by atoms with Gasteiger partial charge in [0.1, 0.15) is 17.3 Å². The van der Waals surface area contributed by atoms with Gasteiger partial charge < -0.3 is 20.1 Å². The van der Waals surface area contributed by atoms with Crippen LogP contribution in [0.25, 0.3) is 0 Å². The standard InChI is InChI=1S/C21H20ClN3O3/c1-13-16(22)5-4-6-17(13)25-21(26)14-7-10-20(23-12-14)24-18-11-15(27-2)8-9-19(18)28-3/h4-12H,1-3H3,(H,23,24)(H,25,26). The van der Waals surface area contributed by atoms with E-state index in [9.17, 15) is 4.79 Å². The molecule has 0 saturated carbocycles. The first kappa shape index (κ1) is 19.5. The number of rotatable bonds is 6. The lowest BCUT2D eigenvalue weighted by atomic mass is 10.2. The molecule has 0 fully saturated rings. The molecule has 0 radical (unpaired) electrons. The fourth-order valence-electron chi connectivity index (χ4n) is 2.59. The first-order valence-corrected chi connectivity index (χ1v) is 8.91. The Hall–Kier alpha value is -3.25. The molecule has 1 aromatic heterocycles. The average molecular weight is 398 g/mol. The Morgan fingerprint density at radius 3 is 2.54 bits per heavy atom. The van der Waals surface area contributed by atoms with Gasteiger partial charge in [-0.3, -0.25) is 4.79 Å². The molecule has 0 bridgehead atoms. The van der Waals surface area contributed by atoms with E-state index in [4.69, 9.17) is 21.1 Å². The molecule has 2 N–H and O–H groups in total. The van der Waals surface area contributed by atoms with Crippen molar-refractivity contribution in [2.45, 2.75) is 6.92 Å². The van der Waals surface area contributed by atoms with Crippen LogP contribution in [0.5, 0.6) is 11.5 Å². The quantitative estimate of drug-likeness (QED) is 0.608. The number of hydrogen-bond donors (Lipinski definition) is 2. The number of nitrogens with zero attached hydrogens (tertiary/aromatic N) is 1. The summed E-state index contributed by atoms with van der Waals surface area (Å²) in [5.74, 6) is 1.66. The van der Waals surface area contributed by atoms with Crippen molar-refractivity contribution in [3.8, 4) is 11.5 Å². The van der Waals surface area contributed by atoms with Gasteiger partial charge in [0, 0.05) is 23.0 Å². The Kier molecular flexibility index (Phi) is 6.01. The third-order valence-corrected chi connectivity index (χ3v) is 4.62. The maximum absolute atomic E-state index is 12.5. The summed E-state index contributed by atoms with van der Waals surface area (Å²) >= 11 is 6.10. The number of nitrogens with one attached hydrogen (secondary N) is 2. The van der Waals surface area contributed by atoms with Crippen molar-refractivity contribution >= 4 is 34.7 Å². The first-order valence-electron chi connectivity index (χ1n) is 8.53. The molecule has 28 heavy (non-hydrogen) atoms. The molecule has 0 spiro atoms. The Labute approximate surface area is 168 Å². The number of pyridine rings is 1. The summed E-state index contributed by atoms with van der Waals surface area (Å²) in [7, 11) is 3.19. The van der Waals surface area contributed by atoms with Crippen LogP contribution in [-0.4, -0.2) is 25.1 Å². The zero-order valence-corrected chi connectivity index (χ0v) is 16.5. The van der Waals surface area contributed by atoms with E-state index in [1.165, 1.54) is 6.20 Å². The molecule has 144 valence electrons. The first-order chi connectivity index (χ1) is 13.5. The van der Waals surface area contributed by atoms with Crippen molar-refractivity contribution in [2.75, 3.05) is 24.9 Å². The maximum Gasteiger partial charge on any atom is 0.257 e. The van der Waals surface area contributed by atoms with Gasteiger partial charge in [-0.1, -0.05) is 17.7 Å². The average Bonchev–Trinajstić information content (AvgIpc) is 2.71. The van der Waals surface area contributed by atoms with E-state index in [-0.39, 0.29) is 5.91 Å². The topological polar surface area (TPSA) is 72.5 Å². The maximum atomic E-state index is 12.5. The molecule has 6 nitrogen and oxygen atoms in total. The number of carbonyl (C=O) groups excluding carboxylic acids is 1. The van der Waals surface area contributed by atoms with Gasteiger partial charge in [-0.05, 0) is 48.9 Å². The molecule has 3 aromatic rings. The second-order valence-electron chi connectivity index (χ2n) is 5.99. The van der Waals surface area contributed by atoms with Gasteiger partial charge in [-0.15, -0.1) is 0 Å². The van der Waals surface area contributed by atoms with Crippen molar-refractivity contribution in [1.82, 2.24) is 4.98 Å². The van der Waals surface area contributed by atoms with Crippen molar-refractivity contribution in [1.29, 1.82) is 0 Å². The lowest BCUT2D eigenvalue weighted by Crippen LogP contribution is -2.13. The summed E-state index contributed by atoms with van der Waals surface area (Å²) in [4.78, 5) is 16.8. The molecular weight excluding hydrogens is 378 g/mol. The molecule has 0 aliphatic carbocycles. The zero-order chi connectivity index (χ0) is 20.1. The van der Waals surface area contributed by atoms with Gasteiger partial charge in [0.15, 0.2) is 0 Å². The summed E-state index contributed by atoms with van der Waals surface area (Å²) < 4.78 is 10.6. The van der Waals surface area contributed by atoms with Crippen LogP contribution in [0.15, 0.2) is 54.7 Å². The van der Waals surface area contributed by atoms with Crippen molar-refractivity contribution in [3.63, 3.8) is 0 Å². The second kappa shape index (κ2) is 8.63.